The van der Waals surface area contributed by atoms with Crippen LogP contribution in [0.4, 0.5) is 0 Å². The maximum absolute atomic E-state index is 5.82. The van der Waals surface area contributed by atoms with Crippen molar-refractivity contribution in [2.45, 2.75) is 0 Å². The van der Waals surface area contributed by atoms with Gasteiger partial charge in [-0.05, 0) is 24.3 Å². The van der Waals surface area contributed by atoms with Gasteiger partial charge in [-0.25, -0.2) is 0 Å². The first-order valence-corrected chi connectivity index (χ1v) is 5.79. The van der Waals surface area contributed by atoms with E-state index in [9.17, 15) is 0 Å². The molecule has 2 aromatic carbocycles. The molecule has 0 aliphatic carbocycles. The summed E-state index contributed by atoms with van der Waals surface area (Å²) in [6, 6.07) is 15.3. The van der Waals surface area contributed by atoms with Crippen molar-refractivity contribution in [2.24, 2.45) is 21.7 Å². The lowest BCUT2D eigenvalue weighted by atomic mass is 10.1. The molecule has 3 aromatic rings. The second-order valence-corrected chi connectivity index (χ2v) is 4.07. The maximum atomic E-state index is 5.82. The Balaban J connectivity index is 2.54. The Morgan fingerprint density at radius 3 is 1.89 bits per heavy atom. The molecule has 1 heterocycles. The third-order valence-electron chi connectivity index (χ3n) is 2.77. The van der Waals surface area contributed by atoms with E-state index in [4.69, 9.17) is 15.9 Å². The molecule has 0 aliphatic rings. The van der Waals surface area contributed by atoms with E-state index in [0.29, 0.717) is 5.36 Å². The van der Waals surface area contributed by atoms with Gasteiger partial charge in [-0.1, -0.05) is 24.3 Å². The van der Waals surface area contributed by atoms with Gasteiger partial charge >= 0.3 is 0 Å². The Hall–Kier alpha value is -2.82. The van der Waals surface area contributed by atoms with Gasteiger partial charge in [0.2, 0.25) is 5.96 Å². The Morgan fingerprint density at radius 1 is 0.842 bits per heavy atom. The summed E-state index contributed by atoms with van der Waals surface area (Å²) < 4.78 is 5.82. The van der Waals surface area contributed by atoms with Crippen LogP contribution in [0.1, 0.15) is 0 Å². The molecule has 0 radical (unpaired) electrons. The number of benzene rings is 2. The summed E-state index contributed by atoms with van der Waals surface area (Å²) in [5.41, 5.74) is 12.2. The fourth-order valence-electron chi connectivity index (χ4n) is 1.98. The standard InChI is InChI=1S/C14H12N4O/c15-14(16)18-17-13-9-5-1-3-7-11(9)19-12-8-4-2-6-10(12)13/h1-8H,(H4,15,16,18). The molecule has 0 amide bonds. The quantitative estimate of drug-likeness (QED) is 0.299. The molecule has 0 fully saturated rings. The van der Waals surface area contributed by atoms with Gasteiger partial charge in [0, 0.05) is 10.8 Å². The number of nitrogens with zero attached hydrogens (tertiary/aromatic N) is 2. The van der Waals surface area contributed by atoms with Crippen molar-refractivity contribution in [3.63, 3.8) is 0 Å². The largest absolute Gasteiger partial charge is 0.456 e. The third-order valence-corrected chi connectivity index (χ3v) is 2.77. The van der Waals surface area contributed by atoms with Crippen LogP contribution in [0, 0.1) is 0 Å². The van der Waals surface area contributed by atoms with E-state index >= 15 is 0 Å². The molecule has 0 bridgehead atoms. The lowest BCUT2D eigenvalue weighted by Crippen LogP contribution is -2.22. The van der Waals surface area contributed by atoms with Crippen LogP contribution in [0.5, 0.6) is 0 Å². The molecule has 1 aromatic heterocycles. The highest BCUT2D eigenvalue weighted by molar-refractivity contribution is 5.89. The van der Waals surface area contributed by atoms with Gasteiger partial charge in [-0.2, -0.15) is 0 Å². The predicted molar refractivity (Wildman–Crippen MR) is 75.1 cm³/mol. The predicted octanol–water partition coefficient (Wildman–Crippen LogP) is 1.68. The number of para-hydroxylation sites is 2. The molecule has 19 heavy (non-hydrogen) atoms. The Bertz CT molecular complexity index is 788. The maximum Gasteiger partial charge on any atom is 0.211 e. The summed E-state index contributed by atoms with van der Waals surface area (Å²) in [5, 5.41) is 10.3. The fraction of sp³-hybridized carbons (Fsp3) is 0. The minimum Gasteiger partial charge on any atom is -0.456 e. The van der Waals surface area contributed by atoms with Crippen molar-refractivity contribution in [3.05, 3.63) is 53.9 Å². The molecule has 94 valence electrons. The highest BCUT2D eigenvalue weighted by atomic mass is 16.3. The van der Waals surface area contributed by atoms with Gasteiger partial charge < -0.3 is 15.9 Å². The number of nitrogens with two attached hydrogens (primary N) is 2. The minimum absolute atomic E-state index is 0.0750. The van der Waals surface area contributed by atoms with Crippen molar-refractivity contribution in [2.75, 3.05) is 0 Å². The monoisotopic (exact) mass is 252 g/mol. The highest BCUT2D eigenvalue weighted by Crippen LogP contribution is 2.17. The van der Waals surface area contributed by atoms with Crippen molar-refractivity contribution in [1.82, 2.24) is 0 Å². The lowest BCUT2D eigenvalue weighted by molar-refractivity contribution is 0.659. The normalized spacial score (nSPS) is 10.5. The van der Waals surface area contributed by atoms with Crippen LogP contribution in [0.2, 0.25) is 0 Å². The number of hydrogen-bond acceptors (Lipinski definition) is 3. The number of hydrogen-bond donors (Lipinski definition) is 2. The number of fused-ring (bicyclic) bond motifs is 2. The first-order chi connectivity index (χ1) is 9.25. The molecular formula is C14H12N4O. The van der Waals surface area contributed by atoms with Crippen LogP contribution in [0.25, 0.3) is 21.9 Å². The zero-order valence-electron chi connectivity index (χ0n) is 10.1. The summed E-state index contributed by atoms with van der Waals surface area (Å²) >= 11 is 0. The zero-order chi connectivity index (χ0) is 13.2. The van der Waals surface area contributed by atoms with E-state index in [0.717, 1.165) is 21.9 Å². The first kappa shape index (κ1) is 11.3. The molecule has 0 aliphatic heterocycles. The summed E-state index contributed by atoms with van der Waals surface area (Å²) in [4.78, 5) is 0. The SMILES string of the molecule is NC(N)=NN=c1c2ccccc2oc2ccccc12. The molecule has 0 atom stereocenters. The molecule has 4 N–H and O–H groups in total. The first-order valence-electron chi connectivity index (χ1n) is 5.79. The molecule has 0 saturated carbocycles. The third kappa shape index (κ3) is 2.01. The van der Waals surface area contributed by atoms with Gasteiger partial charge in [0.1, 0.15) is 16.5 Å². The van der Waals surface area contributed by atoms with E-state index in [1.54, 1.807) is 0 Å². The zero-order valence-corrected chi connectivity index (χ0v) is 10.1. The van der Waals surface area contributed by atoms with Crippen molar-refractivity contribution in [1.29, 1.82) is 0 Å². The van der Waals surface area contributed by atoms with Crippen LogP contribution in [-0.2, 0) is 0 Å². The van der Waals surface area contributed by atoms with E-state index in [-0.39, 0.29) is 5.96 Å². The van der Waals surface area contributed by atoms with Crippen LogP contribution in [0.3, 0.4) is 0 Å². The molecule has 0 saturated heterocycles. The average Bonchev–Trinajstić information content (AvgIpc) is 2.43. The van der Waals surface area contributed by atoms with Crippen LogP contribution in [-0.4, -0.2) is 5.96 Å². The van der Waals surface area contributed by atoms with E-state index in [1.165, 1.54) is 0 Å². The van der Waals surface area contributed by atoms with Gasteiger partial charge in [0.15, 0.2) is 0 Å². The average molecular weight is 252 g/mol. The van der Waals surface area contributed by atoms with Gasteiger partial charge in [-0.15, -0.1) is 10.2 Å². The van der Waals surface area contributed by atoms with Crippen LogP contribution in [0.15, 0.2) is 63.2 Å². The molecule has 0 unspecified atom stereocenters. The Kier molecular flexibility index (Phi) is 2.64. The van der Waals surface area contributed by atoms with Crippen LogP contribution < -0.4 is 16.8 Å². The molecule has 0 spiro atoms. The van der Waals surface area contributed by atoms with Gasteiger partial charge in [-0.3, -0.25) is 0 Å². The van der Waals surface area contributed by atoms with Crippen molar-refractivity contribution < 1.29 is 4.42 Å². The summed E-state index contributed by atoms with van der Waals surface area (Å²) in [6.07, 6.45) is 0. The summed E-state index contributed by atoms with van der Waals surface area (Å²) in [6.45, 7) is 0. The topological polar surface area (TPSA) is 89.9 Å². The van der Waals surface area contributed by atoms with Crippen LogP contribution >= 0.6 is 0 Å². The van der Waals surface area contributed by atoms with E-state index in [1.807, 2.05) is 48.5 Å². The fourth-order valence-corrected chi connectivity index (χ4v) is 1.98. The molecule has 5 nitrogen and oxygen atoms in total. The smallest absolute Gasteiger partial charge is 0.211 e. The highest BCUT2D eigenvalue weighted by Gasteiger charge is 2.04. The second-order valence-electron chi connectivity index (χ2n) is 4.07. The van der Waals surface area contributed by atoms with Gasteiger partial charge in [0.25, 0.3) is 0 Å². The Labute approximate surface area is 108 Å². The number of guanidine groups is 1. The minimum atomic E-state index is -0.0750. The Morgan fingerprint density at radius 2 is 1.37 bits per heavy atom. The van der Waals surface area contributed by atoms with E-state index in [2.05, 4.69) is 10.2 Å². The molecule has 5 heteroatoms. The molecular weight excluding hydrogens is 240 g/mol. The lowest BCUT2D eigenvalue weighted by Gasteiger charge is -2.02. The van der Waals surface area contributed by atoms with E-state index < -0.39 is 0 Å². The van der Waals surface area contributed by atoms with Gasteiger partial charge in [0.05, 0.1) is 0 Å². The summed E-state index contributed by atoms with van der Waals surface area (Å²) in [5.74, 6) is -0.0750. The summed E-state index contributed by atoms with van der Waals surface area (Å²) in [7, 11) is 0. The van der Waals surface area contributed by atoms with Crippen molar-refractivity contribution >= 4 is 27.9 Å². The van der Waals surface area contributed by atoms with Crippen molar-refractivity contribution in [3.8, 4) is 0 Å². The molecule has 3 rings (SSSR count). The second kappa shape index (κ2) is 4.45. The number of rotatable bonds is 1.